The summed E-state index contributed by atoms with van der Waals surface area (Å²) in [5.74, 6) is 0.812. The van der Waals surface area contributed by atoms with Gasteiger partial charge in [-0.3, -0.25) is 9.59 Å². The highest BCUT2D eigenvalue weighted by Crippen LogP contribution is 2.27. The fourth-order valence-corrected chi connectivity index (χ4v) is 3.25. The molecule has 0 saturated heterocycles. The molecule has 31 heavy (non-hydrogen) atoms. The van der Waals surface area contributed by atoms with Crippen LogP contribution in [0.15, 0.2) is 42.5 Å². The molecule has 0 fully saturated rings. The number of carbonyl (C=O) groups is 2. The number of unbranched alkanes of at least 4 members (excludes halogenated alkanes) is 5. The Kier molecular flexibility index (Phi) is 10.4. The van der Waals surface area contributed by atoms with Crippen LogP contribution in [0.25, 0.3) is 0 Å². The number of hydrogen-bond donors (Lipinski definition) is 2. The second-order valence-corrected chi connectivity index (χ2v) is 7.47. The molecule has 0 atom stereocenters. The Morgan fingerprint density at radius 3 is 2.03 bits per heavy atom. The molecule has 0 saturated carbocycles. The van der Waals surface area contributed by atoms with E-state index in [9.17, 15) is 9.59 Å². The van der Waals surface area contributed by atoms with Crippen LogP contribution in [-0.2, 0) is 6.54 Å². The van der Waals surface area contributed by atoms with E-state index >= 15 is 0 Å². The molecule has 0 aliphatic heterocycles. The first kappa shape index (κ1) is 24.3. The molecule has 6 nitrogen and oxygen atoms in total. The number of amides is 2. The molecule has 0 heterocycles. The molecule has 0 aliphatic rings. The summed E-state index contributed by atoms with van der Waals surface area (Å²) in [5, 5.41) is 5.85. The van der Waals surface area contributed by atoms with E-state index in [2.05, 4.69) is 17.6 Å². The highest BCUT2D eigenvalue weighted by atomic mass is 16.5. The zero-order chi connectivity index (χ0) is 22.5. The number of ether oxygens (including phenoxy) is 2. The van der Waals surface area contributed by atoms with E-state index in [1.54, 1.807) is 37.4 Å². The van der Waals surface area contributed by atoms with E-state index in [1.165, 1.54) is 32.8 Å². The summed E-state index contributed by atoms with van der Waals surface area (Å²) in [7, 11) is 3.08. The van der Waals surface area contributed by atoms with Crippen molar-refractivity contribution in [2.45, 2.75) is 52.0 Å². The largest absolute Gasteiger partial charge is 0.493 e. The van der Waals surface area contributed by atoms with Crippen molar-refractivity contribution in [3.8, 4) is 11.5 Å². The summed E-state index contributed by atoms with van der Waals surface area (Å²) in [4.78, 5) is 24.7. The molecular formula is C25H34N2O4. The topological polar surface area (TPSA) is 76.7 Å². The van der Waals surface area contributed by atoms with Gasteiger partial charge in [-0.2, -0.15) is 0 Å². The average Bonchev–Trinajstić information content (AvgIpc) is 2.81. The number of methoxy groups -OCH3 is 2. The van der Waals surface area contributed by atoms with E-state index in [4.69, 9.17) is 9.47 Å². The predicted octanol–water partition coefficient (Wildman–Crippen LogP) is 4.72. The van der Waals surface area contributed by atoms with E-state index in [-0.39, 0.29) is 11.8 Å². The van der Waals surface area contributed by atoms with Crippen molar-refractivity contribution in [1.82, 2.24) is 10.6 Å². The first-order chi connectivity index (χ1) is 15.1. The van der Waals surface area contributed by atoms with E-state index in [1.807, 2.05) is 12.1 Å². The van der Waals surface area contributed by atoms with Gasteiger partial charge in [-0.15, -0.1) is 0 Å². The Hall–Kier alpha value is -3.02. The molecule has 2 aromatic rings. The Balaban J connectivity index is 1.77. The summed E-state index contributed by atoms with van der Waals surface area (Å²) < 4.78 is 10.4. The number of hydrogen-bond acceptors (Lipinski definition) is 4. The summed E-state index contributed by atoms with van der Waals surface area (Å²) in [5.41, 5.74) is 2.03. The molecule has 2 rings (SSSR count). The van der Waals surface area contributed by atoms with Crippen LogP contribution in [0.4, 0.5) is 0 Å². The minimum Gasteiger partial charge on any atom is -0.493 e. The molecule has 2 aromatic carbocycles. The van der Waals surface area contributed by atoms with Crippen molar-refractivity contribution in [2.24, 2.45) is 0 Å². The van der Waals surface area contributed by atoms with Gasteiger partial charge < -0.3 is 20.1 Å². The van der Waals surface area contributed by atoms with E-state index in [0.29, 0.717) is 35.7 Å². The molecule has 0 unspecified atom stereocenters. The van der Waals surface area contributed by atoms with Crippen molar-refractivity contribution < 1.29 is 19.1 Å². The quantitative estimate of drug-likeness (QED) is 0.454. The third-order valence-electron chi connectivity index (χ3n) is 5.13. The maximum atomic E-state index is 12.4. The molecule has 0 aliphatic carbocycles. The minimum atomic E-state index is -0.207. The highest BCUT2D eigenvalue weighted by molar-refractivity contribution is 5.95. The summed E-state index contributed by atoms with van der Waals surface area (Å²) in [6.45, 7) is 3.28. The molecule has 6 heteroatoms. The van der Waals surface area contributed by atoms with Gasteiger partial charge in [-0.25, -0.2) is 0 Å². The molecule has 168 valence electrons. The Bertz CT molecular complexity index is 834. The van der Waals surface area contributed by atoms with Gasteiger partial charge in [0.05, 0.1) is 14.2 Å². The van der Waals surface area contributed by atoms with Gasteiger partial charge in [0.2, 0.25) is 0 Å². The average molecular weight is 427 g/mol. The maximum absolute atomic E-state index is 12.4. The summed E-state index contributed by atoms with van der Waals surface area (Å²) in [6.07, 6.45) is 7.19. The lowest BCUT2D eigenvalue weighted by molar-refractivity contribution is 0.0942. The van der Waals surface area contributed by atoms with E-state index in [0.717, 1.165) is 18.4 Å². The zero-order valence-corrected chi connectivity index (χ0v) is 18.8. The second kappa shape index (κ2) is 13.3. The van der Waals surface area contributed by atoms with Gasteiger partial charge in [-0.1, -0.05) is 51.2 Å². The number of carbonyl (C=O) groups excluding carboxylic acids is 2. The Morgan fingerprint density at radius 1 is 0.742 bits per heavy atom. The second-order valence-electron chi connectivity index (χ2n) is 7.47. The molecule has 0 aromatic heterocycles. The van der Waals surface area contributed by atoms with Gasteiger partial charge in [-0.05, 0) is 42.3 Å². The first-order valence-corrected chi connectivity index (χ1v) is 11.0. The molecule has 0 spiro atoms. The van der Waals surface area contributed by atoms with Gasteiger partial charge in [0.1, 0.15) is 0 Å². The lowest BCUT2D eigenvalue weighted by atomic mass is 10.1. The fraction of sp³-hybridized carbons (Fsp3) is 0.440. The number of benzene rings is 2. The third-order valence-corrected chi connectivity index (χ3v) is 5.13. The standard InChI is InChI=1S/C25H34N2O4/c1-4-5-6-7-8-9-16-26-24(28)20-12-10-19(11-13-20)18-27-25(29)21-14-15-22(30-2)23(17-21)31-3/h10-15,17H,4-9,16,18H2,1-3H3,(H,26,28)(H,27,29). The van der Waals surface area contributed by atoms with Crippen molar-refractivity contribution >= 4 is 11.8 Å². The summed E-state index contributed by atoms with van der Waals surface area (Å²) in [6, 6.07) is 12.3. The normalized spacial score (nSPS) is 10.4. The smallest absolute Gasteiger partial charge is 0.251 e. The Labute approximate surface area is 185 Å². The monoisotopic (exact) mass is 426 g/mol. The summed E-state index contributed by atoms with van der Waals surface area (Å²) >= 11 is 0. The van der Waals surface area contributed by atoms with Crippen molar-refractivity contribution in [2.75, 3.05) is 20.8 Å². The van der Waals surface area contributed by atoms with Crippen LogP contribution in [0.3, 0.4) is 0 Å². The number of rotatable bonds is 13. The molecule has 0 radical (unpaired) electrons. The van der Waals surface area contributed by atoms with Crippen LogP contribution in [-0.4, -0.2) is 32.6 Å². The molecule has 2 N–H and O–H groups in total. The van der Waals surface area contributed by atoms with Gasteiger partial charge >= 0.3 is 0 Å². The van der Waals surface area contributed by atoms with Crippen LogP contribution in [0, 0.1) is 0 Å². The van der Waals surface area contributed by atoms with Crippen LogP contribution in [0.5, 0.6) is 11.5 Å². The molecule has 0 bridgehead atoms. The fourth-order valence-electron chi connectivity index (χ4n) is 3.25. The van der Waals surface area contributed by atoms with Crippen LogP contribution in [0.2, 0.25) is 0 Å². The highest BCUT2D eigenvalue weighted by Gasteiger charge is 2.11. The predicted molar refractivity (Wildman–Crippen MR) is 123 cm³/mol. The lowest BCUT2D eigenvalue weighted by Crippen LogP contribution is -2.25. The van der Waals surface area contributed by atoms with Gasteiger partial charge in [0.25, 0.3) is 11.8 Å². The minimum absolute atomic E-state index is 0.0607. The molecular weight excluding hydrogens is 392 g/mol. The van der Waals surface area contributed by atoms with Crippen LogP contribution < -0.4 is 20.1 Å². The van der Waals surface area contributed by atoms with E-state index < -0.39 is 0 Å². The first-order valence-electron chi connectivity index (χ1n) is 11.0. The zero-order valence-electron chi connectivity index (χ0n) is 18.8. The lowest BCUT2D eigenvalue weighted by Gasteiger charge is -2.10. The van der Waals surface area contributed by atoms with Crippen molar-refractivity contribution in [1.29, 1.82) is 0 Å². The third kappa shape index (κ3) is 7.96. The van der Waals surface area contributed by atoms with Gasteiger partial charge in [0, 0.05) is 24.2 Å². The SMILES string of the molecule is CCCCCCCCNC(=O)c1ccc(CNC(=O)c2ccc(OC)c(OC)c2)cc1. The van der Waals surface area contributed by atoms with Gasteiger partial charge in [0.15, 0.2) is 11.5 Å². The van der Waals surface area contributed by atoms with Crippen LogP contribution in [0.1, 0.15) is 71.7 Å². The van der Waals surface area contributed by atoms with Crippen molar-refractivity contribution in [3.63, 3.8) is 0 Å². The van der Waals surface area contributed by atoms with Crippen molar-refractivity contribution in [3.05, 3.63) is 59.2 Å². The Morgan fingerprint density at radius 2 is 1.35 bits per heavy atom. The number of nitrogens with one attached hydrogen (secondary N) is 2. The molecule has 2 amide bonds. The van der Waals surface area contributed by atoms with Crippen LogP contribution >= 0.6 is 0 Å². The maximum Gasteiger partial charge on any atom is 0.251 e.